The Morgan fingerprint density at radius 2 is 2.05 bits per heavy atom. The first-order valence-corrected chi connectivity index (χ1v) is 5.95. The molecule has 0 spiro atoms. The lowest BCUT2D eigenvalue weighted by molar-refractivity contribution is -0.139. The number of carboxylic acids is 1. The van der Waals surface area contributed by atoms with E-state index in [4.69, 9.17) is 16.7 Å². The largest absolute Gasteiger partial charge is 0.479 e. The van der Waals surface area contributed by atoms with Crippen molar-refractivity contribution < 1.29 is 14.7 Å². The van der Waals surface area contributed by atoms with Gasteiger partial charge >= 0.3 is 12.0 Å². The molecule has 6 heteroatoms. The van der Waals surface area contributed by atoms with Crippen LogP contribution < -0.4 is 10.6 Å². The predicted octanol–water partition coefficient (Wildman–Crippen LogP) is 2.34. The fraction of sp³-hybridized carbons (Fsp3) is 0.231. The number of amides is 2. The van der Waals surface area contributed by atoms with Gasteiger partial charge in [0.15, 0.2) is 6.04 Å². The number of carbonyl (C=O) groups is 2. The van der Waals surface area contributed by atoms with Gasteiger partial charge in [0.2, 0.25) is 0 Å². The topological polar surface area (TPSA) is 78.4 Å². The summed E-state index contributed by atoms with van der Waals surface area (Å²) in [4.78, 5) is 22.8. The van der Waals surface area contributed by atoms with Gasteiger partial charge in [0.05, 0.1) is 0 Å². The molecule has 0 radical (unpaired) electrons. The minimum absolute atomic E-state index is 0.278. The molecular formula is C13H15ClN2O3. The average Bonchev–Trinajstić information content (AvgIpc) is 2.34. The van der Waals surface area contributed by atoms with Gasteiger partial charge in [0.25, 0.3) is 0 Å². The minimum atomic E-state index is -1.20. The Morgan fingerprint density at radius 3 is 2.58 bits per heavy atom. The molecule has 0 aliphatic carbocycles. The molecule has 0 fully saturated rings. The average molecular weight is 283 g/mol. The SMILES string of the molecule is C=C(C)CNC(=O)N[C@@H](C(=O)O)c1ccccc1Cl. The monoisotopic (exact) mass is 282 g/mol. The van der Waals surface area contributed by atoms with Crippen LogP contribution in [0, 0.1) is 0 Å². The van der Waals surface area contributed by atoms with Crippen molar-refractivity contribution in [2.24, 2.45) is 0 Å². The highest BCUT2D eigenvalue weighted by molar-refractivity contribution is 6.31. The van der Waals surface area contributed by atoms with Crippen molar-refractivity contribution in [1.29, 1.82) is 0 Å². The standard InChI is InChI=1S/C13H15ClN2O3/c1-8(2)7-15-13(19)16-11(12(17)18)9-5-3-4-6-10(9)14/h3-6,11H,1,7H2,2H3,(H,17,18)(H2,15,16,19)/t11-/m1/s1. The van der Waals surface area contributed by atoms with Crippen molar-refractivity contribution in [3.05, 3.63) is 47.0 Å². The first-order valence-electron chi connectivity index (χ1n) is 5.57. The number of carboxylic acid groups (broad SMARTS) is 1. The fourth-order valence-corrected chi connectivity index (χ4v) is 1.64. The molecule has 0 aromatic heterocycles. The lowest BCUT2D eigenvalue weighted by Gasteiger charge is -2.16. The molecule has 19 heavy (non-hydrogen) atoms. The van der Waals surface area contributed by atoms with Gasteiger partial charge in [0.1, 0.15) is 0 Å². The zero-order valence-corrected chi connectivity index (χ0v) is 11.2. The summed E-state index contributed by atoms with van der Waals surface area (Å²) in [6.07, 6.45) is 0. The molecule has 1 atom stereocenters. The second kappa shape index (κ2) is 6.80. The molecule has 1 aromatic carbocycles. The normalized spacial score (nSPS) is 11.5. The summed E-state index contributed by atoms with van der Waals surface area (Å²) in [5, 5.41) is 14.3. The summed E-state index contributed by atoms with van der Waals surface area (Å²) in [6, 6.07) is 4.69. The van der Waals surface area contributed by atoms with Crippen LogP contribution in [0.1, 0.15) is 18.5 Å². The Balaban J connectivity index is 2.80. The zero-order valence-electron chi connectivity index (χ0n) is 10.4. The molecule has 0 unspecified atom stereocenters. The lowest BCUT2D eigenvalue weighted by atomic mass is 10.1. The first-order chi connectivity index (χ1) is 8.91. The van der Waals surface area contributed by atoms with Crippen LogP contribution in [0.4, 0.5) is 4.79 Å². The van der Waals surface area contributed by atoms with Crippen LogP contribution in [0.15, 0.2) is 36.4 Å². The van der Waals surface area contributed by atoms with Gasteiger partial charge in [-0.15, -0.1) is 0 Å². The van der Waals surface area contributed by atoms with Crippen LogP contribution in [0.25, 0.3) is 0 Å². The third-order valence-electron chi connectivity index (χ3n) is 2.29. The van der Waals surface area contributed by atoms with E-state index in [1.807, 2.05) is 0 Å². The van der Waals surface area contributed by atoms with E-state index in [1.54, 1.807) is 31.2 Å². The predicted molar refractivity (Wildman–Crippen MR) is 73.2 cm³/mol. The number of urea groups is 1. The maximum atomic E-state index is 11.6. The maximum Gasteiger partial charge on any atom is 0.331 e. The molecule has 3 N–H and O–H groups in total. The number of carbonyl (C=O) groups excluding carboxylic acids is 1. The van der Waals surface area contributed by atoms with E-state index in [9.17, 15) is 9.59 Å². The van der Waals surface area contributed by atoms with E-state index in [0.29, 0.717) is 5.56 Å². The van der Waals surface area contributed by atoms with Gasteiger partial charge in [-0.1, -0.05) is 42.0 Å². The highest BCUT2D eigenvalue weighted by Gasteiger charge is 2.23. The van der Waals surface area contributed by atoms with Crippen molar-refractivity contribution in [3.63, 3.8) is 0 Å². The van der Waals surface area contributed by atoms with E-state index in [0.717, 1.165) is 5.57 Å². The molecule has 0 aliphatic rings. The Hall–Kier alpha value is -2.01. The third kappa shape index (κ3) is 4.63. The van der Waals surface area contributed by atoms with E-state index in [2.05, 4.69) is 17.2 Å². The molecule has 0 aliphatic heterocycles. The third-order valence-corrected chi connectivity index (χ3v) is 2.63. The first kappa shape index (κ1) is 15.0. The molecule has 0 heterocycles. The van der Waals surface area contributed by atoms with E-state index >= 15 is 0 Å². The van der Waals surface area contributed by atoms with Crippen molar-refractivity contribution >= 4 is 23.6 Å². The fourth-order valence-electron chi connectivity index (χ4n) is 1.40. The summed E-state index contributed by atoms with van der Waals surface area (Å²) in [5.41, 5.74) is 1.10. The van der Waals surface area contributed by atoms with Crippen LogP contribution in [0.3, 0.4) is 0 Å². The Labute approximate surface area is 116 Å². The van der Waals surface area contributed by atoms with Gasteiger partial charge in [-0.3, -0.25) is 0 Å². The van der Waals surface area contributed by atoms with Crippen LogP contribution in [0.2, 0.25) is 5.02 Å². The number of halogens is 1. The smallest absolute Gasteiger partial charge is 0.331 e. The van der Waals surface area contributed by atoms with Gasteiger partial charge in [-0.2, -0.15) is 0 Å². The van der Waals surface area contributed by atoms with Crippen molar-refractivity contribution in [1.82, 2.24) is 10.6 Å². The van der Waals surface area contributed by atoms with Crippen LogP contribution in [-0.2, 0) is 4.79 Å². The van der Waals surface area contributed by atoms with E-state index in [-0.39, 0.29) is 11.6 Å². The molecule has 5 nitrogen and oxygen atoms in total. The quantitative estimate of drug-likeness (QED) is 0.725. The van der Waals surface area contributed by atoms with Crippen molar-refractivity contribution in [2.45, 2.75) is 13.0 Å². The number of rotatable bonds is 5. The van der Waals surface area contributed by atoms with Gasteiger partial charge in [-0.25, -0.2) is 9.59 Å². The van der Waals surface area contributed by atoms with Crippen LogP contribution in [-0.4, -0.2) is 23.7 Å². The highest BCUT2D eigenvalue weighted by Crippen LogP contribution is 2.22. The highest BCUT2D eigenvalue weighted by atomic mass is 35.5. The molecular weight excluding hydrogens is 268 g/mol. The zero-order chi connectivity index (χ0) is 14.4. The van der Waals surface area contributed by atoms with Gasteiger partial charge in [-0.05, 0) is 13.0 Å². The molecule has 1 aromatic rings. The van der Waals surface area contributed by atoms with E-state index < -0.39 is 18.0 Å². The minimum Gasteiger partial charge on any atom is -0.479 e. The Morgan fingerprint density at radius 1 is 1.42 bits per heavy atom. The van der Waals surface area contributed by atoms with Gasteiger partial charge < -0.3 is 15.7 Å². The Kier molecular flexibility index (Phi) is 5.38. The summed E-state index contributed by atoms with van der Waals surface area (Å²) >= 11 is 5.92. The summed E-state index contributed by atoms with van der Waals surface area (Å²) in [5.74, 6) is -1.18. The van der Waals surface area contributed by atoms with Crippen LogP contribution in [0.5, 0.6) is 0 Å². The lowest BCUT2D eigenvalue weighted by Crippen LogP contribution is -2.41. The van der Waals surface area contributed by atoms with Crippen LogP contribution >= 0.6 is 11.6 Å². The molecule has 1 rings (SSSR count). The van der Waals surface area contributed by atoms with Gasteiger partial charge in [0, 0.05) is 17.1 Å². The molecule has 2 amide bonds. The van der Waals surface area contributed by atoms with E-state index in [1.165, 1.54) is 0 Å². The molecule has 0 bridgehead atoms. The van der Waals surface area contributed by atoms with Crippen molar-refractivity contribution in [3.8, 4) is 0 Å². The molecule has 102 valence electrons. The summed E-state index contributed by atoms with van der Waals surface area (Å²) < 4.78 is 0. The second-order valence-electron chi connectivity index (χ2n) is 4.08. The number of hydrogen-bond acceptors (Lipinski definition) is 2. The second-order valence-corrected chi connectivity index (χ2v) is 4.48. The number of nitrogens with one attached hydrogen (secondary N) is 2. The number of aliphatic carboxylic acids is 1. The summed E-state index contributed by atoms with van der Waals surface area (Å²) in [6.45, 7) is 5.67. The Bertz CT molecular complexity index is 502. The number of benzene rings is 1. The number of hydrogen-bond donors (Lipinski definition) is 3. The maximum absolute atomic E-state index is 11.6. The van der Waals surface area contributed by atoms with Crippen molar-refractivity contribution in [2.75, 3.05) is 6.54 Å². The summed E-state index contributed by atoms with van der Waals surface area (Å²) in [7, 11) is 0. The molecule has 0 saturated heterocycles. The molecule has 0 saturated carbocycles.